The first-order valence-corrected chi connectivity index (χ1v) is 8.00. The fourth-order valence-corrected chi connectivity index (χ4v) is 2.63. The van der Waals surface area contributed by atoms with Crippen molar-refractivity contribution in [2.24, 2.45) is 0 Å². The first kappa shape index (κ1) is 17.2. The Morgan fingerprint density at radius 2 is 1.65 bits per heavy atom. The zero-order chi connectivity index (χ0) is 18.5. The lowest BCUT2D eigenvalue weighted by Gasteiger charge is -2.11. The number of anilines is 1. The van der Waals surface area contributed by atoms with E-state index in [1.54, 1.807) is 48.5 Å². The summed E-state index contributed by atoms with van der Waals surface area (Å²) in [7, 11) is 1.28. The van der Waals surface area contributed by atoms with Crippen molar-refractivity contribution in [2.45, 2.75) is 6.42 Å². The smallest absolute Gasteiger partial charge is 0.411 e. The molecule has 0 saturated carbocycles. The van der Waals surface area contributed by atoms with Gasteiger partial charge in [-0.1, -0.05) is 36.1 Å². The highest BCUT2D eigenvalue weighted by Gasteiger charge is 2.34. The summed E-state index contributed by atoms with van der Waals surface area (Å²) in [5.41, 5.74) is 2.02. The fraction of sp³-hybridized carbons (Fsp3) is 0.150. The number of ether oxygens (including phenoxy) is 1. The number of carbonyl (C=O) groups excluding carboxylic acids is 3. The number of fused-ring (bicyclic) bond motifs is 1. The Morgan fingerprint density at radius 3 is 2.31 bits per heavy atom. The van der Waals surface area contributed by atoms with E-state index in [1.165, 1.54) is 12.0 Å². The van der Waals surface area contributed by atoms with Crippen molar-refractivity contribution in [2.75, 3.05) is 19.0 Å². The number of rotatable bonds is 3. The lowest BCUT2D eigenvalue weighted by atomic mass is 10.1. The molecule has 0 unspecified atom stereocenters. The molecule has 2 aromatic rings. The molecule has 0 saturated heterocycles. The molecule has 0 spiro atoms. The molecule has 0 bridgehead atoms. The molecule has 0 atom stereocenters. The molecule has 2 aromatic carbocycles. The highest BCUT2D eigenvalue weighted by Crippen LogP contribution is 2.22. The van der Waals surface area contributed by atoms with Crippen LogP contribution in [0.2, 0.25) is 0 Å². The summed E-state index contributed by atoms with van der Waals surface area (Å²) >= 11 is 0. The lowest BCUT2D eigenvalue weighted by molar-refractivity contribution is 0.0657. The van der Waals surface area contributed by atoms with Gasteiger partial charge in [-0.05, 0) is 24.3 Å². The van der Waals surface area contributed by atoms with Crippen LogP contribution in [0.5, 0.6) is 0 Å². The van der Waals surface area contributed by atoms with Gasteiger partial charge < -0.3 is 4.74 Å². The summed E-state index contributed by atoms with van der Waals surface area (Å²) in [6, 6.07) is 13.8. The molecule has 1 aliphatic heterocycles. The molecule has 26 heavy (non-hydrogen) atoms. The van der Waals surface area contributed by atoms with Crippen LogP contribution in [0.1, 0.15) is 32.7 Å². The minimum Gasteiger partial charge on any atom is -0.453 e. The quantitative estimate of drug-likeness (QED) is 0.684. The molecule has 1 heterocycles. The number of hydrogen-bond acceptors (Lipinski definition) is 4. The predicted octanol–water partition coefficient (Wildman–Crippen LogP) is 2.90. The highest BCUT2D eigenvalue weighted by molar-refractivity contribution is 6.21. The van der Waals surface area contributed by atoms with Gasteiger partial charge in [-0.25, -0.2) is 4.79 Å². The summed E-state index contributed by atoms with van der Waals surface area (Å²) in [6.07, 6.45) is -0.247. The average Bonchev–Trinajstić information content (AvgIpc) is 2.91. The first-order valence-electron chi connectivity index (χ1n) is 8.00. The third-order valence-corrected chi connectivity index (χ3v) is 3.91. The molecule has 0 aliphatic carbocycles. The van der Waals surface area contributed by atoms with Crippen LogP contribution in [0.15, 0.2) is 48.5 Å². The van der Waals surface area contributed by atoms with Crippen molar-refractivity contribution in [3.05, 3.63) is 65.2 Å². The fourth-order valence-electron chi connectivity index (χ4n) is 2.63. The largest absolute Gasteiger partial charge is 0.453 e. The van der Waals surface area contributed by atoms with E-state index < -0.39 is 6.09 Å². The number of hydrogen-bond donors (Lipinski definition) is 1. The summed E-state index contributed by atoms with van der Waals surface area (Å²) in [5, 5.41) is 2.59. The van der Waals surface area contributed by atoms with Gasteiger partial charge in [0, 0.05) is 18.5 Å². The first-order chi connectivity index (χ1) is 12.6. The van der Waals surface area contributed by atoms with Crippen molar-refractivity contribution in [1.29, 1.82) is 0 Å². The van der Waals surface area contributed by atoms with Crippen LogP contribution >= 0.6 is 0 Å². The summed E-state index contributed by atoms with van der Waals surface area (Å²) in [6.45, 7) is 0.214. The second-order valence-electron chi connectivity index (χ2n) is 5.52. The van der Waals surface area contributed by atoms with E-state index in [4.69, 9.17) is 0 Å². The Bertz CT molecular complexity index is 905. The number of nitrogens with zero attached hydrogens (tertiary/aromatic N) is 1. The van der Waals surface area contributed by atoms with Gasteiger partial charge in [-0.15, -0.1) is 0 Å². The number of carbonyl (C=O) groups is 3. The van der Waals surface area contributed by atoms with Crippen molar-refractivity contribution in [1.82, 2.24) is 4.90 Å². The number of para-hydroxylation sites is 1. The van der Waals surface area contributed by atoms with Crippen molar-refractivity contribution in [3.8, 4) is 11.8 Å². The molecule has 130 valence electrons. The van der Waals surface area contributed by atoms with E-state index in [0.29, 0.717) is 28.8 Å². The number of amides is 3. The van der Waals surface area contributed by atoms with Gasteiger partial charge >= 0.3 is 6.09 Å². The van der Waals surface area contributed by atoms with E-state index in [1.807, 2.05) is 0 Å². The van der Waals surface area contributed by atoms with E-state index in [2.05, 4.69) is 21.9 Å². The molecule has 1 aliphatic rings. The monoisotopic (exact) mass is 348 g/mol. The van der Waals surface area contributed by atoms with E-state index >= 15 is 0 Å². The number of imide groups is 1. The minimum atomic E-state index is -0.578. The van der Waals surface area contributed by atoms with E-state index in [0.717, 1.165) is 0 Å². The SMILES string of the molecule is COC(=O)Nc1ccccc1C#CCCN1C(=O)c2ccccc2C1=O. The standard InChI is InChI=1S/C20H16N2O4/c1-26-20(25)21-17-12-5-2-8-14(17)9-6-7-13-22-18(23)15-10-3-4-11-16(15)19(22)24/h2-5,8,10-12H,7,13H2,1H3,(H,21,25). The number of nitrogens with one attached hydrogen (secondary N) is 1. The van der Waals surface area contributed by atoms with E-state index in [-0.39, 0.29) is 18.4 Å². The lowest BCUT2D eigenvalue weighted by Crippen LogP contribution is -2.30. The van der Waals surface area contributed by atoms with Crippen LogP contribution in [0.3, 0.4) is 0 Å². The molecule has 6 nitrogen and oxygen atoms in total. The Hall–Kier alpha value is -3.59. The van der Waals surface area contributed by atoms with Crippen LogP contribution in [-0.2, 0) is 4.74 Å². The molecule has 6 heteroatoms. The molecule has 3 rings (SSSR count). The normalized spacial score (nSPS) is 12.3. The maximum Gasteiger partial charge on any atom is 0.411 e. The maximum atomic E-state index is 12.3. The Kier molecular flexibility index (Phi) is 4.99. The molecule has 3 amide bonds. The summed E-state index contributed by atoms with van der Waals surface area (Å²) in [5.74, 6) is 5.30. The van der Waals surface area contributed by atoms with Gasteiger partial charge in [0.2, 0.25) is 0 Å². The van der Waals surface area contributed by atoms with Gasteiger partial charge in [0.15, 0.2) is 0 Å². The van der Waals surface area contributed by atoms with Crippen LogP contribution < -0.4 is 5.32 Å². The second-order valence-corrected chi connectivity index (χ2v) is 5.52. The molecule has 0 radical (unpaired) electrons. The van der Waals surface area contributed by atoms with Crippen LogP contribution in [-0.4, -0.2) is 36.5 Å². The van der Waals surface area contributed by atoms with Crippen molar-refractivity contribution in [3.63, 3.8) is 0 Å². The third-order valence-electron chi connectivity index (χ3n) is 3.91. The summed E-state index contributed by atoms with van der Waals surface area (Å²) < 4.78 is 4.58. The topological polar surface area (TPSA) is 75.7 Å². The Morgan fingerprint density at radius 1 is 1.04 bits per heavy atom. The van der Waals surface area contributed by atoms with Gasteiger partial charge in [0.05, 0.1) is 23.9 Å². The van der Waals surface area contributed by atoms with Gasteiger partial charge in [-0.3, -0.25) is 19.8 Å². The third kappa shape index (κ3) is 3.42. The molecule has 0 aromatic heterocycles. The van der Waals surface area contributed by atoms with Gasteiger partial charge in [0.25, 0.3) is 11.8 Å². The molecule has 0 fully saturated rings. The van der Waals surface area contributed by atoms with Crippen LogP contribution in [0.4, 0.5) is 10.5 Å². The van der Waals surface area contributed by atoms with Crippen molar-refractivity contribution < 1.29 is 19.1 Å². The molecular formula is C20H16N2O4. The van der Waals surface area contributed by atoms with Crippen LogP contribution in [0, 0.1) is 11.8 Å². The highest BCUT2D eigenvalue weighted by atomic mass is 16.5. The van der Waals surface area contributed by atoms with Gasteiger partial charge in [0.1, 0.15) is 0 Å². The zero-order valence-electron chi connectivity index (χ0n) is 14.1. The average molecular weight is 348 g/mol. The molecule has 1 N–H and O–H groups in total. The Labute approximate surface area is 150 Å². The zero-order valence-corrected chi connectivity index (χ0v) is 14.1. The predicted molar refractivity (Wildman–Crippen MR) is 95.8 cm³/mol. The van der Waals surface area contributed by atoms with Gasteiger partial charge in [-0.2, -0.15) is 0 Å². The second kappa shape index (κ2) is 7.53. The van der Waals surface area contributed by atoms with Crippen molar-refractivity contribution >= 4 is 23.6 Å². The number of benzene rings is 2. The summed E-state index contributed by atoms with van der Waals surface area (Å²) in [4.78, 5) is 37.1. The maximum absolute atomic E-state index is 12.3. The van der Waals surface area contributed by atoms with E-state index in [9.17, 15) is 14.4 Å². The minimum absolute atomic E-state index is 0.214. The number of methoxy groups -OCH3 is 1. The molecular weight excluding hydrogens is 332 g/mol. The Balaban J connectivity index is 1.67. The van der Waals surface area contributed by atoms with Crippen LogP contribution in [0.25, 0.3) is 0 Å².